The van der Waals surface area contributed by atoms with E-state index in [0.717, 1.165) is 65.1 Å². The molecule has 0 fully saturated rings. The molecule has 2 atom stereocenters. The average molecular weight is 995 g/mol. The fraction of sp³-hybridized carbons (Fsp3) is 0.812. The van der Waals surface area contributed by atoms with E-state index >= 15 is 0 Å². The quantitative estimate of drug-likeness (QED) is 0.0356. The van der Waals surface area contributed by atoms with Crippen LogP contribution in [0.3, 0.4) is 0 Å². The maximum atomic E-state index is 10.7. The fourth-order valence-corrected chi connectivity index (χ4v) is 9.21. The number of rotatable bonds is 57. The van der Waals surface area contributed by atoms with E-state index in [2.05, 4.69) is 108 Å². The molecule has 6 N–H and O–H groups in total. The number of unbranched alkanes of at least 4 members (excludes halogenated alkanes) is 27. The maximum Gasteiger partial charge on any atom is 0.0789 e. The first-order valence-corrected chi connectivity index (χ1v) is 30.8. The summed E-state index contributed by atoms with van der Waals surface area (Å²) in [7, 11) is 0. The second kappa shape index (κ2) is 59.0. The third-order valence-corrected chi connectivity index (χ3v) is 14.0. The highest BCUT2D eigenvalue weighted by molar-refractivity contribution is 4.94. The predicted octanol–water partition coefficient (Wildman–Crippen LogP) is 16.0. The highest BCUT2D eigenvalue weighted by Gasteiger charge is 2.16. The highest BCUT2D eigenvalue weighted by Crippen LogP contribution is 2.13. The molecule has 2 unspecified atom stereocenters. The molecule has 0 radical (unpaired) electrons. The normalized spacial score (nSPS) is 13.6. The van der Waals surface area contributed by atoms with Gasteiger partial charge in [-0.25, -0.2) is 0 Å². The highest BCUT2D eigenvalue weighted by atomic mass is 16.3. The van der Waals surface area contributed by atoms with Crippen LogP contribution in [-0.2, 0) is 0 Å². The SMILES string of the molecule is CCCCC/C=C\C/C=C\CCCCCCCCN(CCN(CCCCCCCC/C=C\C/C=C\CCCCC)CC(O)CN)CCN(CCCCCCCC/C=C\C/C=C\CCCCC)CC(O)CN. The molecule has 0 bridgehead atoms. The van der Waals surface area contributed by atoms with Crippen LogP contribution < -0.4 is 11.5 Å². The molecule has 0 aromatic heterocycles. The number of aliphatic hydroxyl groups is 2. The zero-order valence-electron chi connectivity index (χ0n) is 47.7. The van der Waals surface area contributed by atoms with E-state index in [4.69, 9.17) is 11.5 Å². The number of nitrogens with two attached hydrogens (primary N) is 2. The summed E-state index contributed by atoms with van der Waals surface area (Å²) in [5.41, 5.74) is 11.9. The summed E-state index contributed by atoms with van der Waals surface area (Å²) in [5, 5.41) is 21.3. The van der Waals surface area contributed by atoms with Gasteiger partial charge in [-0.15, -0.1) is 0 Å². The Morgan fingerprint density at radius 1 is 0.282 bits per heavy atom. The molecule has 0 aliphatic heterocycles. The van der Waals surface area contributed by atoms with E-state index in [0.29, 0.717) is 26.2 Å². The smallest absolute Gasteiger partial charge is 0.0789 e. The van der Waals surface area contributed by atoms with Crippen LogP contribution in [0.2, 0.25) is 0 Å². The monoisotopic (exact) mass is 994 g/mol. The van der Waals surface area contributed by atoms with Crippen molar-refractivity contribution >= 4 is 0 Å². The zero-order valence-corrected chi connectivity index (χ0v) is 47.7. The summed E-state index contributed by atoms with van der Waals surface area (Å²) >= 11 is 0. The zero-order chi connectivity index (χ0) is 51.6. The minimum Gasteiger partial charge on any atom is -0.390 e. The Morgan fingerprint density at radius 3 is 0.775 bits per heavy atom. The molecule has 0 aliphatic rings. The van der Waals surface area contributed by atoms with Gasteiger partial charge < -0.3 is 26.6 Å². The van der Waals surface area contributed by atoms with Crippen molar-refractivity contribution in [1.29, 1.82) is 0 Å². The van der Waals surface area contributed by atoms with E-state index in [-0.39, 0.29) is 0 Å². The van der Waals surface area contributed by atoms with Gasteiger partial charge in [0.2, 0.25) is 0 Å². The van der Waals surface area contributed by atoms with Gasteiger partial charge in [0.15, 0.2) is 0 Å². The summed E-state index contributed by atoms with van der Waals surface area (Å²) in [6.07, 6.45) is 72.5. The molecule has 0 spiro atoms. The Hall–Kier alpha value is -1.84. The molecule has 0 aliphatic carbocycles. The van der Waals surface area contributed by atoms with Gasteiger partial charge >= 0.3 is 0 Å². The van der Waals surface area contributed by atoms with Crippen LogP contribution in [0.1, 0.15) is 252 Å². The number of hydrogen-bond acceptors (Lipinski definition) is 7. The summed E-state index contributed by atoms with van der Waals surface area (Å²) in [5.74, 6) is 0. The van der Waals surface area contributed by atoms with Crippen molar-refractivity contribution in [3.63, 3.8) is 0 Å². The van der Waals surface area contributed by atoms with Crippen molar-refractivity contribution in [2.45, 2.75) is 264 Å². The van der Waals surface area contributed by atoms with E-state index in [1.54, 1.807) is 0 Å². The lowest BCUT2D eigenvalue weighted by atomic mass is 10.1. The van der Waals surface area contributed by atoms with Crippen molar-refractivity contribution in [3.8, 4) is 0 Å². The average Bonchev–Trinajstić information content (AvgIpc) is 3.38. The number of nitrogens with zero attached hydrogens (tertiary/aromatic N) is 3. The van der Waals surface area contributed by atoms with Crippen molar-refractivity contribution in [3.05, 3.63) is 72.9 Å². The van der Waals surface area contributed by atoms with Gasteiger partial charge in [0, 0.05) is 52.4 Å². The number of allylic oxidation sites excluding steroid dienone is 12. The molecule has 71 heavy (non-hydrogen) atoms. The molecule has 0 aromatic rings. The van der Waals surface area contributed by atoms with Crippen LogP contribution in [0, 0.1) is 0 Å². The molecule has 0 rings (SSSR count). The summed E-state index contributed by atoms with van der Waals surface area (Å²) in [4.78, 5) is 7.63. The van der Waals surface area contributed by atoms with E-state index < -0.39 is 12.2 Å². The first-order valence-electron chi connectivity index (χ1n) is 30.8. The lowest BCUT2D eigenvalue weighted by Crippen LogP contribution is -2.45. The van der Waals surface area contributed by atoms with E-state index in [1.807, 2.05) is 0 Å². The summed E-state index contributed by atoms with van der Waals surface area (Å²) in [6, 6.07) is 0. The van der Waals surface area contributed by atoms with Gasteiger partial charge in [-0.3, -0.25) is 9.80 Å². The lowest BCUT2D eigenvalue weighted by molar-refractivity contribution is 0.0951. The van der Waals surface area contributed by atoms with E-state index in [1.165, 1.54) is 212 Å². The second-order valence-corrected chi connectivity index (χ2v) is 21.0. The standard InChI is InChI=1S/C64H123N5O2/c1-4-7-10-13-16-19-22-25-28-31-34-37-40-43-46-49-52-67(55-57-68(61-63(70)59-65)53-50-47-44-41-38-35-32-29-26-23-20-17-14-11-8-5-2)56-58-69(62-64(71)60-66)54-51-48-45-42-39-36-33-30-27-24-21-18-15-12-9-6-3/h16-21,25-30,63-64,70-71H,4-15,22-24,31-62,65-66H2,1-3H3/b19-16-,20-17-,21-18-,28-25-,29-26-,30-27-. The Bertz CT molecular complexity index is 1150. The largest absolute Gasteiger partial charge is 0.390 e. The van der Waals surface area contributed by atoms with Crippen LogP contribution in [-0.4, -0.2) is 109 Å². The van der Waals surface area contributed by atoms with Crippen molar-refractivity contribution in [1.82, 2.24) is 14.7 Å². The maximum absolute atomic E-state index is 10.7. The molecule has 7 heteroatoms. The summed E-state index contributed by atoms with van der Waals surface area (Å²) < 4.78 is 0. The Balaban J connectivity index is 5.04. The van der Waals surface area contributed by atoms with Gasteiger partial charge in [-0.2, -0.15) is 0 Å². The van der Waals surface area contributed by atoms with Gasteiger partial charge in [0.25, 0.3) is 0 Å². The minimum atomic E-state index is -0.483. The Kier molecular flexibility index (Phi) is 57.5. The van der Waals surface area contributed by atoms with Gasteiger partial charge in [-0.05, 0) is 135 Å². The van der Waals surface area contributed by atoms with Crippen LogP contribution in [0.25, 0.3) is 0 Å². The molecule has 0 amide bonds. The molecule has 0 aromatic carbocycles. The number of hydrogen-bond donors (Lipinski definition) is 4. The topological polar surface area (TPSA) is 102 Å². The Morgan fingerprint density at radius 2 is 0.507 bits per heavy atom. The lowest BCUT2D eigenvalue weighted by Gasteiger charge is -2.31. The van der Waals surface area contributed by atoms with Crippen molar-refractivity contribution in [2.75, 3.05) is 72.0 Å². The van der Waals surface area contributed by atoms with Crippen LogP contribution in [0.5, 0.6) is 0 Å². The molecule has 0 heterocycles. The van der Waals surface area contributed by atoms with Gasteiger partial charge in [-0.1, -0.05) is 209 Å². The first kappa shape index (κ1) is 69.2. The molecule has 416 valence electrons. The molecule has 0 saturated heterocycles. The molecular weight excluding hydrogens is 871 g/mol. The number of aliphatic hydroxyl groups excluding tert-OH is 2. The van der Waals surface area contributed by atoms with Crippen LogP contribution in [0.15, 0.2) is 72.9 Å². The van der Waals surface area contributed by atoms with Crippen molar-refractivity contribution in [2.24, 2.45) is 11.5 Å². The second-order valence-electron chi connectivity index (χ2n) is 21.0. The van der Waals surface area contributed by atoms with Crippen LogP contribution in [0.4, 0.5) is 0 Å². The third kappa shape index (κ3) is 54.2. The predicted molar refractivity (Wildman–Crippen MR) is 318 cm³/mol. The van der Waals surface area contributed by atoms with E-state index in [9.17, 15) is 10.2 Å². The van der Waals surface area contributed by atoms with Gasteiger partial charge in [0.1, 0.15) is 0 Å². The first-order chi connectivity index (χ1) is 35.0. The molecule has 7 nitrogen and oxygen atoms in total. The van der Waals surface area contributed by atoms with Crippen LogP contribution >= 0.6 is 0 Å². The molecular formula is C64H123N5O2. The Labute approximate surface area is 443 Å². The van der Waals surface area contributed by atoms with Crippen molar-refractivity contribution < 1.29 is 10.2 Å². The summed E-state index contributed by atoms with van der Waals surface area (Å²) in [6.45, 7) is 15.8. The molecule has 0 saturated carbocycles. The third-order valence-electron chi connectivity index (χ3n) is 14.0. The minimum absolute atomic E-state index is 0.309. The fourth-order valence-electron chi connectivity index (χ4n) is 9.21. The van der Waals surface area contributed by atoms with Gasteiger partial charge in [0.05, 0.1) is 12.2 Å².